The first-order valence-electron chi connectivity index (χ1n) is 6.97. The van der Waals surface area contributed by atoms with E-state index in [4.69, 9.17) is 0 Å². The van der Waals surface area contributed by atoms with Gasteiger partial charge in [0.2, 0.25) is 0 Å². The van der Waals surface area contributed by atoms with E-state index in [9.17, 15) is 8.78 Å². The summed E-state index contributed by atoms with van der Waals surface area (Å²) in [4.78, 5) is 0. The van der Waals surface area contributed by atoms with E-state index in [0.717, 1.165) is 34.6 Å². The first-order valence-corrected chi connectivity index (χ1v) is 7.76. The van der Waals surface area contributed by atoms with Gasteiger partial charge in [0, 0.05) is 10.0 Å². The molecule has 0 aromatic heterocycles. The lowest BCUT2D eigenvalue weighted by atomic mass is 9.97. The van der Waals surface area contributed by atoms with Gasteiger partial charge < -0.3 is 5.32 Å². The summed E-state index contributed by atoms with van der Waals surface area (Å²) in [5.41, 5.74) is 2.34. The SMILES string of the molecule is CCCNC(c1cc(F)ccc1F)c1ccc(C)cc1Br. The van der Waals surface area contributed by atoms with Crippen molar-refractivity contribution in [2.24, 2.45) is 0 Å². The number of nitrogens with one attached hydrogen (secondary N) is 1. The molecule has 0 saturated carbocycles. The maximum atomic E-state index is 14.1. The summed E-state index contributed by atoms with van der Waals surface area (Å²) in [5.74, 6) is -0.838. The van der Waals surface area contributed by atoms with Crippen LogP contribution < -0.4 is 5.32 Å². The van der Waals surface area contributed by atoms with Crippen LogP contribution in [0.2, 0.25) is 0 Å². The first-order chi connectivity index (χ1) is 10.0. The molecule has 0 aliphatic rings. The van der Waals surface area contributed by atoms with Crippen LogP contribution in [0.15, 0.2) is 40.9 Å². The predicted molar refractivity (Wildman–Crippen MR) is 85.4 cm³/mol. The molecule has 0 bridgehead atoms. The Morgan fingerprint density at radius 3 is 2.52 bits per heavy atom. The summed E-state index contributed by atoms with van der Waals surface area (Å²) < 4.78 is 28.5. The maximum absolute atomic E-state index is 14.1. The lowest BCUT2D eigenvalue weighted by Crippen LogP contribution is -2.24. The monoisotopic (exact) mass is 353 g/mol. The zero-order valence-electron chi connectivity index (χ0n) is 12.1. The van der Waals surface area contributed by atoms with Crippen molar-refractivity contribution in [1.29, 1.82) is 0 Å². The van der Waals surface area contributed by atoms with E-state index < -0.39 is 11.6 Å². The third kappa shape index (κ3) is 3.89. The molecule has 21 heavy (non-hydrogen) atoms. The molecule has 1 nitrogen and oxygen atoms in total. The molecule has 2 rings (SSSR count). The number of benzene rings is 2. The Labute approximate surface area is 132 Å². The number of halogens is 3. The molecule has 0 aliphatic heterocycles. The lowest BCUT2D eigenvalue weighted by molar-refractivity contribution is 0.534. The van der Waals surface area contributed by atoms with Crippen LogP contribution in [0.4, 0.5) is 8.78 Å². The quantitative estimate of drug-likeness (QED) is 0.785. The summed E-state index contributed by atoms with van der Waals surface area (Å²) in [6, 6.07) is 9.08. The second-order valence-electron chi connectivity index (χ2n) is 5.08. The average Bonchev–Trinajstić information content (AvgIpc) is 2.44. The highest BCUT2D eigenvalue weighted by molar-refractivity contribution is 9.10. The van der Waals surface area contributed by atoms with Gasteiger partial charge in [-0.05, 0) is 55.3 Å². The van der Waals surface area contributed by atoms with Gasteiger partial charge in [-0.3, -0.25) is 0 Å². The molecule has 0 saturated heterocycles. The minimum Gasteiger partial charge on any atom is -0.306 e. The van der Waals surface area contributed by atoms with Gasteiger partial charge in [0.05, 0.1) is 6.04 Å². The van der Waals surface area contributed by atoms with Gasteiger partial charge in [-0.1, -0.05) is 35.0 Å². The van der Waals surface area contributed by atoms with Crippen LogP contribution in [0.25, 0.3) is 0 Å². The maximum Gasteiger partial charge on any atom is 0.128 e. The van der Waals surface area contributed by atoms with Crippen LogP contribution in [0, 0.1) is 18.6 Å². The Balaban J connectivity index is 2.49. The molecular weight excluding hydrogens is 336 g/mol. The molecule has 2 aromatic rings. The smallest absolute Gasteiger partial charge is 0.128 e. The van der Waals surface area contributed by atoms with E-state index in [1.807, 2.05) is 32.0 Å². The molecule has 0 spiro atoms. The van der Waals surface area contributed by atoms with Crippen LogP contribution in [0.5, 0.6) is 0 Å². The van der Waals surface area contributed by atoms with Crippen LogP contribution in [0.3, 0.4) is 0 Å². The van der Waals surface area contributed by atoms with Gasteiger partial charge in [0.25, 0.3) is 0 Å². The van der Waals surface area contributed by atoms with Crippen LogP contribution in [-0.2, 0) is 0 Å². The topological polar surface area (TPSA) is 12.0 Å². The van der Waals surface area contributed by atoms with E-state index >= 15 is 0 Å². The molecule has 4 heteroatoms. The minimum atomic E-state index is -0.432. The first kappa shape index (κ1) is 16.1. The van der Waals surface area contributed by atoms with Crippen molar-refractivity contribution < 1.29 is 8.78 Å². The van der Waals surface area contributed by atoms with Gasteiger partial charge >= 0.3 is 0 Å². The molecule has 1 atom stereocenters. The summed E-state index contributed by atoms with van der Waals surface area (Å²) in [6.07, 6.45) is 0.914. The van der Waals surface area contributed by atoms with Crippen LogP contribution in [0.1, 0.15) is 36.1 Å². The van der Waals surface area contributed by atoms with Gasteiger partial charge in [-0.25, -0.2) is 8.78 Å². The Morgan fingerprint density at radius 1 is 1.10 bits per heavy atom. The van der Waals surface area contributed by atoms with Gasteiger partial charge in [-0.15, -0.1) is 0 Å². The van der Waals surface area contributed by atoms with Crippen LogP contribution >= 0.6 is 15.9 Å². The molecule has 0 amide bonds. The molecule has 2 aromatic carbocycles. The number of rotatable bonds is 5. The largest absolute Gasteiger partial charge is 0.306 e. The van der Waals surface area contributed by atoms with Gasteiger partial charge in [0.1, 0.15) is 11.6 Å². The molecule has 0 radical (unpaired) electrons. The van der Waals surface area contributed by atoms with Crippen molar-refractivity contribution in [3.8, 4) is 0 Å². The Kier molecular flexibility index (Phi) is 5.48. The molecule has 112 valence electrons. The molecule has 1 N–H and O–H groups in total. The van der Waals surface area contributed by atoms with Crippen LogP contribution in [-0.4, -0.2) is 6.54 Å². The molecule has 1 unspecified atom stereocenters. The van der Waals surface area contributed by atoms with E-state index in [0.29, 0.717) is 5.56 Å². The normalized spacial score (nSPS) is 12.4. The molecule has 0 heterocycles. The van der Waals surface area contributed by atoms with E-state index in [1.54, 1.807) is 0 Å². The van der Waals surface area contributed by atoms with Crippen molar-refractivity contribution >= 4 is 15.9 Å². The van der Waals surface area contributed by atoms with Gasteiger partial charge in [0.15, 0.2) is 0 Å². The van der Waals surface area contributed by atoms with Crippen molar-refractivity contribution in [1.82, 2.24) is 5.32 Å². The summed E-state index contributed by atoms with van der Waals surface area (Å²) in [6.45, 7) is 4.75. The highest BCUT2D eigenvalue weighted by Crippen LogP contribution is 2.31. The molecule has 0 fully saturated rings. The third-order valence-corrected chi connectivity index (χ3v) is 4.02. The highest BCUT2D eigenvalue weighted by atomic mass is 79.9. The second-order valence-corrected chi connectivity index (χ2v) is 5.93. The van der Waals surface area contributed by atoms with Gasteiger partial charge in [-0.2, -0.15) is 0 Å². The van der Waals surface area contributed by atoms with Crippen molar-refractivity contribution in [3.05, 3.63) is 69.2 Å². The Hall–Kier alpha value is -1.26. The number of hydrogen-bond acceptors (Lipinski definition) is 1. The highest BCUT2D eigenvalue weighted by Gasteiger charge is 2.20. The van der Waals surface area contributed by atoms with Crippen molar-refractivity contribution in [2.45, 2.75) is 26.3 Å². The third-order valence-electron chi connectivity index (χ3n) is 3.33. The fourth-order valence-corrected chi connectivity index (χ4v) is 3.00. The fraction of sp³-hybridized carbons (Fsp3) is 0.294. The van der Waals surface area contributed by atoms with Crippen molar-refractivity contribution in [3.63, 3.8) is 0 Å². The minimum absolute atomic E-state index is 0.327. The summed E-state index contributed by atoms with van der Waals surface area (Å²) in [7, 11) is 0. The van der Waals surface area contributed by atoms with E-state index in [2.05, 4.69) is 21.2 Å². The Bertz CT molecular complexity index is 628. The van der Waals surface area contributed by atoms with E-state index in [-0.39, 0.29) is 6.04 Å². The van der Waals surface area contributed by atoms with Crippen molar-refractivity contribution in [2.75, 3.05) is 6.54 Å². The standard InChI is InChI=1S/C17H18BrF2N/c1-3-8-21-17(13-6-4-11(2)9-15(13)18)14-10-12(19)5-7-16(14)20/h4-7,9-10,17,21H,3,8H2,1-2H3. The fourth-order valence-electron chi connectivity index (χ4n) is 2.28. The predicted octanol–water partition coefficient (Wildman–Crippen LogP) is 5.12. The summed E-state index contributed by atoms with van der Waals surface area (Å²) in [5, 5.41) is 3.29. The molecule has 0 aliphatic carbocycles. The molecular formula is C17H18BrF2N. The second kappa shape index (κ2) is 7.14. The Morgan fingerprint density at radius 2 is 1.86 bits per heavy atom. The van der Waals surface area contributed by atoms with E-state index in [1.165, 1.54) is 12.1 Å². The number of aryl methyl sites for hydroxylation is 1. The lowest BCUT2D eigenvalue weighted by Gasteiger charge is -2.22. The average molecular weight is 354 g/mol. The zero-order chi connectivity index (χ0) is 15.4. The summed E-state index contributed by atoms with van der Waals surface area (Å²) >= 11 is 3.52. The zero-order valence-corrected chi connectivity index (χ0v) is 13.7. The number of hydrogen-bond donors (Lipinski definition) is 1.